The fourth-order valence-electron chi connectivity index (χ4n) is 8.62. The third-order valence-electron chi connectivity index (χ3n) is 12.2. The predicted molar refractivity (Wildman–Crippen MR) is 252 cm³/mol. The summed E-state index contributed by atoms with van der Waals surface area (Å²) in [5.41, 5.74) is 1.19. The van der Waals surface area contributed by atoms with Crippen LogP contribution in [-0.4, -0.2) is 6.71 Å². The third kappa shape index (κ3) is 6.02. The molecule has 6 aromatic rings. The zero-order valence-electron chi connectivity index (χ0n) is 48.9. The van der Waals surface area contributed by atoms with Gasteiger partial charge in [0.25, 0.3) is 6.71 Å². The van der Waals surface area contributed by atoms with Crippen LogP contribution >= 0.6 is 11.3 Å². The van der Waals surface area contributed by atoms with E-state index in [1.165, 1.54) is 16.2 Å². The molecule has 2 aliphatic heterocycles. The molecule has 0 amide bonds. The van der Waals surface area contributed by atoms with Crippen molar-refractivity contribution in [3.8, 4) is 0 Å². The van der Waals surface area contributed by atoms with E-state index in [4.69, 9.17) is 0 Å². The lowest BCUT2D eigenvalue weighted by molar-refractivity contribution is 0.332. The average molecular weight is 782 g/mol. The van der Waals surface area contributed by atoms with Crippen LogP contribution in [-0.2, 0) is 27.1 Å². The second-order valence-corrected chi connectivity index (χ2v) is 21.9. The first-order valence-corrected chi connectivity index (χ1v) is 21.0. The van der Waals surface area contributed by atoms with Gasteiger partial charge in [0.15, 0.2) is 0 Å². The van der Waals surface area contributed by atoms with Crippen molar-refractivity contribution >= 4 is 78.0 Å². The van der Waals surface area contributed by atoms with E-state index in [1.807, 2.05) is 81.4 Å². The number of hydrogen-bond acceptors (Lipinski definition) is 3. The van der Waals surface area contributed by atoms with Gasteiger partial charge in [-0.05, 0) is 146 Å². The molecule has 1 aromatic heterocycles. The van der Waals surface area contributed by atoms with E-state index in [1.54, 1.807) is 4.90 Å². The summed E-state index contributed by atoms with van der Waals surface area (Å²) in [5.74, 6) is 0. The first-order chi connectivity index (χ1) is 32.0. The van der Waals surface area contributed by atoms with E-state index in [-0.39, 0.29) is 112 Å². The topological polar surface area (TPSA) is 6.48 Å². The average Bonchev–Trinajstić information content (AvgIpc) is 3.62. The standard InChI is InChI=1S/C53H61BN2S/c1-32-27-43-46-44(28-32)56(37-21-22-39-40(31-37)53(13,14)26-25-52(39,11)12)47-38-29-34(50(5,6)7)18-24-45(38)57-48(47)54(46)41-30-35(51(8,9)10)17-23-42(41)55(43)36-19-15-33(16-20-36)49(2,3)4/h15-24,27-31H,25-26H2,1-14H3/i15D,16D,17D,18D,19D,20D,21D,22D,23D,24D,29D,30D,31D. The smallest absolute Gasteiger partial charge is 0.264 e. The van der Waals surface area contributed by atoms with Crippen molar-refractivity contribution in [2.75, 3.05) is 9.80 Å². The molecule has 9 rings (SSSR count). The predicted octanol–water partition coefficient (Wildman–Crippen LogP) is 13.5. The Balaban J connectivity index is 1.57. The van der Waals surface area contributed by atoms with E-state index >= 15 is 0 Å². The zero-order valence-corrected chi connectivity index (χ0v) is 36.8. The summed E-state index contributed by atoms with van der Waals surface area (Å²) in [4.78, 5) is 3.32. The second kappa shape index (κ2) is 12.4. The summed E-state index contributed by atoms with van der Waals surface area (Å²) < 4.78 is 128. The maximum absolute atomic E-state index is 10.4. The molecule has 292 valence electrons. The molecular formula is C53H61BN2S. The number of thiophene rings is 1. The third-order valence-corrected chi connectivity index (χ3v) is 13.3. The molecule has 1 aliphatic carbocycles. The highest BCUT2D eigenvalue weighted by molar-refractivity contribution is 7.33. The highest BCUT2D eigenvalue weighted by atomic mass is 32.1. The Morgan fingerprint density at radius 3 is 1.77 bits per heavy atom. The minimum Gasteiger partial charge on any atom is -0.311 e. The molecule has 0 radical (unpaired) electrons. The Morgan fingerprint density at radius 2 is 1.14 bits per heavy atom. The summed E-state index contributed by atoms with van der Waals surface area (Å²) in [6.45, 7) is 25.9. The van der Waals surface area contributed by atoms with Gasteiger partial charge < -0.3 is 9.80 Å². The van der Waals surface area contributed by atoms with Gasteiger partial charge in [-0.2, -0.15) is 0 Å². The molecule has 0 saturated carbocycles. The summed E-state index contributed by atoms with van der Waals surface area (Å²) in [7, 11) is 0. The van der Waals surface area contributed by atoms with Crippen molar-refractivity contribution in [3.63, 3.8) is 0 Å². The van der Waals surface area contributed by atoms with Crippen LogP contribution in [0.2, 0.25) is 0 Å². The van der Waals surface area contributed by atoms with Crippen molar-refractivity contribution < 1.29 is 17.8 Å². The Morgan fingerprint density at radius 1 is 0.596 bits per heavy atom. The number of aryl methyl sites for hydroxylation is 1. The fraction of sp³-hybridized carbons (Fsp3) is 0.396. The largest absolute Gasteiger partial charge is 0.311 e. The molecule has 4 heteroatoms. The maximum Gasteiger partial charge on any atom is 0.264 e. The van der Waals surface area contributed by atoms with Gasteiger partial charge in [0.2, 0.25) is 0 Å². The normalized spacial score (nSPS) is 20.2. The number of fused-ring (bicyclic) bond motifs is 7. The monoisotopic (exact) mass is 782 g/mol. The van der Waals surface area contributed by atoms with Crippen LogP contribution in [0.4, 0.5) is 34.1 Å². The molecule has 0 atom stereocenters. The summed E-state index contributed by atoms with van der Waals surface area (Å²) in [6, 6.07) is 1.57. The van der Waals surface area contributed by atoms with Gasteiger partial charge in [-0.25, -0.2) is 0 Å². The Bertz CT molecular complexity index is 3320. The Kier molecular flexibility index (Phi) is 5.63. The zero-order chi connectivity index (χ0) is 52.1. The highest BCUT2D eigenvalue weighted by Crippen LogP contribution is 2.52. The number of rotatable bonds is 2. The summed E-state index contributed by atoms with van der Waals surface area (Å²) >= 11 is 1.19. The van der Waals surface area contributed by atoms with Crippen LogP contribution in [0.3, 0.4) is 0 Å². The van der Waals surface area contributed by atoms with E-state index < -0.39 is 33.8 Å². The molecule has 0 fully saturated rings. The maximum atomic E-state index is 10.4. The van der Waals surface area contributed by atoms with Crippen LogP contribution in [0.5, 0.6) is 0 Å². The summed E-state index contributed by atoms with van der Waals surface area (Å²) in [6.07, 6.45) is 1.47. The van der Waals surface area contributed by atoms with Gasteiger partial charge in [0.1, 0.15) is 0 Å². The minimum atomic E-state index is -0.958. The first-order valence-electron chi connectivity index (χ1n) is 26.7. The number of benzene rings is 5. The molecule has 3 heterocycles. The van der Waals surface area contributed by atoms with Crippen molar-refractivity contribution in [2.45, 2.75) is 137 Å². The van der Waals surface area contributed by atoms with Crippen LogP contribution in [0.25, 0.3) is 10.1 Å². The molecule has 0 N–H and O–H groups in total. The Labute approximate surface area is 365 Å². The van der Waals surface area contributed by atoms with Gasteiger partial charge in [-0.1, -0.05) is 126 Å². The lowest BCUT2D eigenvalue weighted by atomic mass is 9.36. The minimum absolute atomic E-state index is 0.00955. The van der Waals surface area contributed by atoms with Gasteiger partial charge >= 0.3 is 0 Å². The van der Waals surface area contributed by atoms with E-state index in [9.17, 15) is 17.8 Å². The van der Waals surface area contributed by atoms with E-state index in [0.717, 1.165) is 12.8 Å². The quantitative estimate of drug-likeness (QED) is 0.161. The molecule has 3 aliphatic rings. The lowest BCUT2D eigenvalue weighted by Gasteiger charge is -2.45. The number of hydrogen-bond donors (Lipinski definition) is 0. The molecule has 0 spiro atoms. The number of nitrogens with zero attached hydrogens (tertiary/aromatic N) is 2. The van der Waals surface area contributed by atoms with Gasteiger partial charge in [-0.15, -0.1) is 11.3 Å². The Hall–Kier alpha value is -4.28. The van der Waals surface area contributed by atoms with Crippen LogP contribution in [0.15, 0.2) is 90.7 Å². The van der Waals surface area contributed by atoms with Crippen LogP contribution < -0.4 is 25.5 Å². The van der Waals surface area contributed by atoms with Gasteiger partial charge in [0, 0.05) is 43.3 Å². The molecule has 0 saturated heterocycles. The molecule has 5 aromatic carbocycles. The SMILES string of the molecule is [2H]c1c([2H])c(C(C)(C)C)c([2H])c([2H])c1N1c2cc(C)cc3c2B(c2sc4c([2H])c([2H])c(C(C)(C)C)c([2H])c4c2N3c2c([2H])c([2H])c3c(c2[2H])C(C)(C)CCC3(C)C)c2c([2H])c(C(C)(C)C)c([2H])c([2H])c21. The summed E-state index contributed by atoms with van der Waals surface area (Å²) in [5, 5.41) is 0.328. The molecule has 0 unspecified atom stereocenters. The van der Waals surface area contributed by atoms with Gasteiger partial charge in [0.05, 0.1) is 23.5 Å². The van der Waals surface area contributed by atoms with E-state index in [2.05, 4.69) is 27.7 Å². The van der Waals surface area contributed by atoms with Crippen molar-refractivity contribution in [1.82, 2.24) is 0 Å². The molecule has 2 nitrogen and oxygen atoms in total. The van der Waals surface area contributed by atoms with Crippen molar-refractivity contribution in [1.29, 1.82) is 0 Å². The molecular weight excluding hydrogens is 707 g/mol. The van der Waals surface area contributed by atoms with Gasteiger partial charge in [-0.3, -0.25) is 0 Å². The van der Waals surface area contributed by atoms with E-state index in [0.29, 0.717) is 59.6 Å². The molecule has 57 heavy (non-hydrogen) atoms. The van der Waals surface area contributed by atoms with Crippen molar-refractivity contribution in [2.24, 2.45) is 0 Å². The first kappa shape index (κ1) is 26.0. The fourth-order valence-corrected chi connectivity index (χ4v) is 9.83. The second-order valence-electron chi connectivity index (χ2n) is 20.8. The van der Waals surface area contributed by atoms with Crippen LogP contribution in [0.1, 0.15) is 154 Å². The highest BCUT2D eigenvalue weighted by Gasteiger charge is 2.46. The van der Waals surface area contributed by atoms with Crippen molar-refractivity contribution in [3.05, 3.63) is 124 Å². The van der Waals surface area contributed by atoms with Crippen LogP contribution in [0, 0.1) is 6.92 Å². The lowest BCUT2D eigenvalue weighted by Crippen LogP contribution is -2.60. The molecule has 0 bridgehead atoms. The number of anilines is 6.